The molecule has 0 aromatic heterocycles. The third-order valence-corrected chi connectivity index (χ3v) is 4.76. The number of ether oxygens (including phenoxy) is 1. The smallest absolute Gasteiger partial charge is 0.262 e. The Bertz CT molecular complexity index is 735. The van der Waals surface area contributed by atoms with E-state index in [4.69, 9.17) is 22.1 Å². The lowest BCUT2D eigenvalue weighted by atomic mass is 10.2. The first-order chi connectivity index (χ1) is 9.83. The van der Waals surface area contributed by atoms with Crippen molar-refractivity contribution in [3.05, 3.63) is 47.0 Å². The van der Waals surface area contributed by atoms with Crippen molar-refractivity contribution in [3.8, 4) is 5.75 Å². The van der Waals surface area contributed by atoms with Crippen LogP contribution in [0.1, 0.15) is 5.56 Å². The van der Waals surface area contributed by atoms with Crippen LogP contribution in [0.2, 0.25) is 5.02 Å². The first-order valence-corrected chi connectivity index (χ1v) is 7.92. The van der Waals surface area contributed by atoms with Crippen LogP contribution < -0.4 is 15.2 Å². The van der Waals surface area contributed by atoms with Crippen LogP contribution in [0, 0.1) is 6.92 Å². The summed E-state index contributed by atoms with van der Waals surface area (Å²) in [6, 6.07) is 9.29. The highest BCUT2D eigenvalue weighted by Crippen LogP contribution is 2.27. The van der Waals surface area contributed by atoms with Crippen LogP contribution in [0.3, 0.4) is 0 Å². The van der Waals surface area contributed by atoms with E-state index in [1.54, 1.807) is 31.2 Å². The molecule has 0 bridgehead atoms. The van der Waals surface area contributed by atoms with Crippen LogP contribution in [-0.4, -0.2) is 15.5 Å². The van der Waals surface area contributed by atoms with Crippen LogP contribution in [0.15, 0.2) is 41.3 Å². The van der Waals surface area contributed by atoms with Crippen LogP contribution in [0.25, 0.3) is 0 Å². The van der Waals surface area contributed by atoms with Crippen LogP contribution >= 0.6 is 11.6 Å². The van der Waals surface area contributed by atoms with E-state index in [9.17, 15) is 8.42 Å². The van der Waals surface area contributed by atoms with Gasteiger partial charge in [-0.05, 0) is 48.9 Å². The van der Waals surface area contributed by atoms with Gasteiger partial charge in [0.15, 0.2) is 0 Å². The van der Waals surface area contributed by atoms with Gasteiger partial charge in [0.05, 0.1) is 12.0 Å². The maximum Gasteiger partial charge on any atom is 0.262 e. The SMILES string of the molecule is COc1ccc(NS(=O)(=O)c2cc(N)c(C)c(Cl)c2)cc1. The predicted molar refractivity (Wildman–Crippen MR) is 84.4 cm³/mol. The van der Waals surface area contributed by atoms with Gasteiger partial charge < -0.3 is 10.5 Å². The fourth-order valence-corrected chi connectivity index (χ4v) is 3.11. The number of benzene rings is 2. The van der Waals surface area contributed by atoms with E-state index in [1.807, 2.05) is 0 Å². The van der Waals surface area contributed by atoms with Gasteiger partial charge in [0, 0.05) is 16.4 Å². The van der Waals surface area contributed by atoms with E-state index in [1.165, 1.54) is 19.2 Å². The number of rotatable bonds is 4. The lowest BCUT2D eigenvalue weighted by Crippen LogP contribution is -2.13. The molecule has 3 N–H and O–H groups in total. The summed E-state index contributed by atoms with van der Waals surface area (Å²) < 4.78 is 32.1. The van der Waals surface area contributed by atoms with Crippen molar-refractivity contribution in [3.63, 3.8) is 0 Å². The zero-order valence-electron chi connectivity index (χ0n) is 11.6. The van der Waals surface area contributed by atoms with Gasteiger partial charge in [-0.1, -0.05) is 11.6 Å². The van der Waals surface area contributed by atoms with Gasteiger partial charge in [-0.25, -0.2) is 8.42 Å². The quantitative estimate of drug-likeness (QED) is 0.846. The number of hydrogen-bond donors (Lipinski definition) is 2. The molecule has 112 valence electrons. The fourth-order valence-electron chi connectivity index (χ4n) is 1.70. The number of nitrogens with two attached hydrogens (primary N) is 1. The summed E-state index contributed by atoms with van der Waals surface area (Å²) in [5.74, 6) is 0.639. The summed E-state index contributed by atoms with van der Waals surface area (Å²) in [5, 5.41) is 0.310. The van der Waals surface area contributed by atoms with Gasteiger partial charge in [0.25, 0.3) is 10.0 Å². The first kappa shape index (κ1) is 15.5. The zero-order valence-corrected chi connectivity index (χ0v) is 13.1. The van der Waals surface area contributed by atoms with E-state index < -0.39 is 10.0 Å². The highest BCUT2D eigenvalue weighted by atomic mass is 35.5. The van der Waals surface area contributed by atoms with E-state index in [-0.39, 0.29) is 4.90 Å². The lowest BCUT2D eigenvalue weighted by molar-refractivity contribution is 0.415. The van der Waals surface area contributed by atoms with Crippen LogP contribution in [-0.2, 0) is 10.0 Å². The summed E-state index contributed by atoms with van der Waals surface area (Å²) in [4.78, 5) is 0.0198. The van der Waals surface area contributed by atoms with Gasteiger partial charge >= 0.3 is 0 Å². The van der Waals surface area contributed by atoms with Crippen molar-refractivity contribution in [2.75, 3.05) is 17.6 Å². The topological polar surface area (TPSA) is 81.4 Å². The maximum atomic E-state index is 12.3. The molecule has 0 amide bonds. The highest BCUT2D eigenvalue weighted by molar-refractivity contribution is 7.92. The van der Waals surface area contributed by atoms with Crippen LogP contribution in [0.5, 0.6) is 5.75 Å². The minimum atomic E-state index is -3.75. The zero-order chi connectivity index (χ0) is 15.6. The van der Waals surface area contributed by atoms with Crippen molar-refractivity contribution in [1.29, 1.82) is 0 Å². The Morgan fingerprint density at radius 1 is 1.19 bits per heavy atom. The van der Waals surface area contributed by atoms with Crippen LogP contribution in [0.4, 0.5) is 11.4 Å². The molecule has 2 aromatic carbocycles. The second-order valence-electron chi connectivity index (χ2n) is 4.45. The largest absolute Gasteiger partial charge is 0.497 e. The number of methoxy groups -OCH3 is 1. The summed E-state index contributed by atoms with van der Waals surface area (Å²) in [6.45, 7) is 1.73. The third kappa shape index (κ3) is 3.40. The molecule has 21 heavy (non-hydrogen) atoms. The molecule has 2 rings (SSSR count). The van der Waals surface area contributed by atoms with Gasteiger partial charge in [0.1, 0.15) is 5.75 Å². The molecule has 7 heteroatoms. The minimum absolute atomic E-state index is 0.0198. The molecule has 0 saturated carbocycles. The number of nitrogen functional groups attached to an aromatic ring is 1. The average molecular weight is 327 g/mol. The Kier molecular flexibility index (Phi) is 4.29. The van der Waals surface area contributed by atoms with E-state index in [0.717, 1.165) is 0 Å². The monoisotopic (exact) mass is 326 g/mol. The second kappa shape index (κ2) is 5.83. The number of halogens is 1. The standard InChI is InChI=1S/C14H15ClN2O3S/c1-9-13(15)7-12(8-14(9)16)21(18,19)17-10-3-5-11(20-2)6-4-10/h3-8,17H,16H2,1-2H3. The fraction of sp³-hybridized carbons (Fsp3) is 0.143. The average Bonchev–Trinajstić information content (AvgIpc) is 2.44. The lowest BCUT2D eigenvalue weighted by Gasteiger charge is -2.11. The van der Waals surface area contributed by atoms with E-state index in [2.05, 4.69) is 4.72 Å². The van der Waals surface area contributed by atoms with Gasteiger partial charge in [0.2, 0.25) is 0 Å². The highest BCUT2D eigenvalue weighted by Gasteiger charge is 2.17. The Hall–Kier alpha value is -1.92. The number of sulfonamides is 1. The molecule has 0 heterocycles. The van der Waals surface area contributed by atoms with Gasteiger partial charge in [-0.15, -0.1) is 0 Å². The Morgan fingerprint density at radius 2 is 1.81 bits per heavy atom. The Labute approximate surface area is 128 Å². The van der Waals surface area contributed by atoms with Gasteiger partial charge in [-0.2, -0.15) is 0 Å². The molecule has 0 aliphatic rings. The molecule has 0 saturated heterocycles. The summed E-state index contributed by atoms with van der Waals surface area (Å²) in [6.07, 6.45) is 0. The second-order valence-corrected chi connectivity index (χ2v) is 6.54. The number of hydrogen-bond acceptors (Lipinski definition) is 4. The molecule has 0 aliphatic heterocycles. The van der Waals surface area contributed by atoms with Gasteiger partial charge in [-0.3, -0.25) is 4.72 Å². The molecule has 5 nitrogen and oxygen atoms in total. The molecule has 0 spiro atoms. The van der Waals surface area contributed by atoms with E-state index >= 15 is 0 Å². The van der Waals surface area contributed by atoms with E-state index in [0.29, 0.717) is 27.7 Å². The molecule has 2 aromatic rings. The minimum Gasteiger partial charge on any atom is -0.497 e. The van der Waals surface area contributed by atoms with Crippen molar-refractivity contribution < 1.29 is 13.2 Å². The first-order valence-electron chi connectivity index (χ1n) is 6.06. The van der Waals surface area contributed by atoms with Crippen molar-refractivity contribution >= 4 is 33.0 Å². The van der Waals surface area contributed by atoms with Crippen molar-refractivity contribution in [1.82, 2.24) is 0 Å². The molecule has 0 fully saturated rings. The number of anilines is 2. The maximum absolute atomic E-state index is 12.3. The molecule has 0 radical (unpaired) electrons. The van der Waals surface area contributed by atoms with Crippen molar-refractivity contribution in [2.24, 2.45) is 0 Å². The Balaban J connectivity index is 2.33. The normalized spacial score (nSPS) is 11.2. The molecular weight excluding hydrogens is 312 g/mol. The Morgan fingerprint density at radius 3 is 2.33 bits per heavy atom. The third-order valence-electron chi connectivity index (χ3n) is 3.01. The predicted octanol–water partition coefficient (Wildman–Crippen LogP) is 3.04. The van der Waals surface area contributed by atoms with Crippen molar-refractivity contribution in [2.45, 2.75) is 11.8 Å². The summed E-state index contributed by atoms with van der Waals surface area (Å²) in [7, 11) is -2.21. The summed E-state index contributed by atoms with van der Waals surface area (Å²) >= 11 is 5.98. The number of nitrogens with one attached hydrogen (secondary N) is 1. The molecule has 0 aliphatic carbocycles. The molecule has 0 atom stereocenters. The molecular formula is C14H15ClN2O3S. The summed E-state index contributed by atoms with van der Waals surface area (Å²) in [5.41, 5.74) is 7.16. The molecule has 0 unspecified atom stereocenters.